The third-order valence-electron chi connectivity index (χ3n) is 5.55. The summed E-state index contributed by atoms with van der Waals surface area (Å²) in [5, 5.41) is 6.13. The second-order valence-corrected chi connectivity index (χ2v) is 8.65. The van der Waals surface area contributed by atoms with Crippen LogP contribution in [-0.2, 0) is 12.8 Å². The van der Waals surface area contributed by atoms with E-state index < -0.39 is 0 Å². The van der Waals surface area contributed by atoms with Gasteiger partial charge in [-0.3, -0.25) is 4.79 Å². The minimum absolute atomic E-state index is 0.179. The first-order chi connectivity index (χ1) is 13.6. The Morgan fingerprint density at radius 3 is 2.86 bits per heavy atom. The molecule has 4 aromatic rings. The topological polar surface area (TPSA) is 68.0 Å². The molecule has 2 heterocycles. The standard InChI is InChI=1S/C23H21N3OS/c1-13-6-9-19-16(10-13)12-18-20(24)21(28-23(18)26-19)22(27)25-17-8-7-14-4-2-3-5-15(14)11-17/h2-5,7-8,11-13H,6,9-10,24H2,1H3,(H,25,27). The van der Waals surface area contributed by atoms with Gasteiger partial charge in [0.1, 0.15) is 9.71 Å². The number of aromatic nitrogens is 1. The summed E-state index contributed by atoms with van der Waals surface area (Å²) in [4.78, 5) is 19.1. The first-order valence-corrected chi connectivity index (χ1v) is 10.4. The van der Waals surface area contributed by atoms with E-state index in [1.165, 1.54) is 23.3 Å². The Morgan fingerprint density at radius 1 is 1.18 bits per heavy atom. The number of amides is 1. The average molecular weight is 388 g/mol. The van der Waals surface area contributed by atoms with Crippen molar-refractivity contribution in [2.75, 3.05) is 11.1 Å². The fourth-order valence-corrected chi connectivity index (χ4v) is 4.99. The molecule has 1 aliphatic rings. The van der Waals surface area contributed by atoms with E-state index in [1.807, 2.05) is 36.4 Å². The van der Waals surface area contributed by atoms with Gasteiger partial charge in [0.25, 0.3) is 5.91 Å². The maximum Gasteiger partial charge on any atom is 0.267 e. The predicted molar refractivity (Wildman–Crippen MR) is 117 cm³/mol. The van der Waals surface area contributed by atoms with Crippen LogP contribution in [0.2, 0.25) is 0 Å². The number of fused-ring (bicyclic) bond motifs is 3. The van der Waals surface area contributed by atoms with Gasteiger partial charge in [0.15, 0.2) is 0 Å². The molecule has 0 aliphatic heterocycles. The van der Waals surface area contributed by atoms with Gasteiger partial charge in [-0.1, -0.05) is 37.3 Å². The smallest absolute Gasteiger partial charge is 0.267 e. The summed E-state index contributed by atoms with van der Waals surface area (Å²) in [5.41, 5.74) is 10.1. The lowest BCUT2D eigenvalue weighted by molar-refractivity contribution is 0.103. The number of nitrogens with one attached hydrogen (secondary N) is 1. The number of benzene rings is 2. The van der Waals surface area contributed by atoms with E-state index in [0.717, 1.165) is 45.2 Å². The second-order valence-electron chi connectivity index (χ2n) is 7.66. The third-order valence-corrected chi connectivity index (χ3v) is 6.66. The molecule has 4 nitrogen and oxygen atoms in total. The van der Waals surface area contributed by atoms with Gasteiger partial charge < -0.3 is 11.1 Å². The minimum Gasteiger partial charge on any atom is -0.397 e. The highest BCUT2D eigenvalue weighted by Crippen LogP contribution is 2.36. The zero-order valence-corrected chi connectivity index (χ0v) is 16.5. The Morgan fingerprint density at radius 2 is 2.00 bits per heavy atom. The molecule has 140 valence electrons. The first-order valence-electron chi connectivity index (χ1n) is 9.59. The minimum atomic E-state index is -0.179. The Labute approximate surface area is 167 Å². The Balaban J connectivity index is 1.49. The number of carbonyl (C=O) groups excluding carboxylic acids is 1. The molecule has 1 amide bonds. The lowest BCUT2D eigenvalue weighted by atomic mass is 9.87. The average Bonchev–Trinajstić information content (AvgIpc) is 3.02. The van der Waals surface area contributed by atoms with Crippen LogP contribution in [0.3, 0.4) is 0 Å². The number of anilines is 2. The van der Waals surface area contributed by atoms with E-state index in [-0.39, 0.29) is 5.91 Å². The number of thiophene rings is 1. The molecule has 0 bridgehead atoms. The summed E-state index contributed by atoms with van der Waals surface area (Å²) in [7, 11) is 0. The third kappa shape index (κ3) is 2.92. The molecule has 5 heteroatoms. The van der Waals surface area contributed by atoms with Crippen LogP contribution in [0.25, 0.3) is 21.0 Å². The Bertz CT molecular complexity index is 1230. The molecule has 0 spiro atoms. The molecule has 0 saturated carbocycles. The van der Waals surface area contributed by atoms with Crippen LogP contribution < -0.4 is 11.1 Å². The highest BCUT2D eigenvalue weighted by molar-refractivity contribution is 7.21. The number of nitrogens with zero attached hydrogens (tertiary/aromatic N) is 1. The molecule has 3 N–H and O–H groups in total. The first kappa shape index (κ1) is 17.2. The van der Waals surface area contributed by atoms with E-state index in [4.69, 9.17) is 10.7 Å². The number of nitrogens with two attached hydrogens (primary N) is 1. The lowest BCUT2D eigenvalue weighted by Crippen LogP contribution is -2.12. The molecule has 1 atom stereocenters. The van der Waals surface area contributed by atoms with Crippen LogP contribution in [0.15, 0.2) is 48.5 Å². The maximum absolute atomic E-state index is 12.9. The fourth-order valence-electron chi connectivity index (χ4n) is 4.00. The zero-order valence-electron chi connectivity index (χ0n) is 15.7. The van der Waals surface area contributed by atoms with Gasteiger partial charge >= 0.3 is 0 Å². The SMILES string of the molecule is CC1CCc2nc3sc(C(=O)Nc4ccc5ccccc5c4)c(N)c3cc2C1. The van der Waals surface area contributed by atoms with Crippen molar-refractivity contribution in [2.45, 2.75) is 26.2 Å². The number of carbonyl (C=O) groups is 1. The van der Waals surface area contributed by atoms with Crippen LogP contribution >= 0.6 is 11.3 Å². The van der Waals surface area contributed by atoms with Gasteiger partial charge in [0, 0.05) is 16.8 Å². The highest BCUT2D eigenvalue weighted by atomic mass is 32.1. The fraction of sp³-hybridized carbons (Fsp3) is 0.217. The molecule has 28 heavy (non-hydrogen) atoms. The highest BCUT2D eigenvalue weighted by Gasteiger charge is 2.22. The van der Waals surface area contributed by atoms with Gasteiger partial charge in [-0.15, -0.1) is 11.3 Å². The van der Waals surface area contributed by atoms with Gasteiger partial charge in [0.05, 0.1) is 5.69 Å². The van der Waals surface area contributed by atoms with E-state index >= 15 is 0 Å². The number of nitrogen functional groups attached to an aromatic ring is 1. The molecule has 1 unspecified atom stereocenters. The summed E-state index contributed by atoms with van der Waals surface area (Å²) < 4.78 is 0. The van der Waals surface area contributed by atoms with Crippen LogP contribution in [0.5, 0.6) is 0 Å². The van der Waals surface area contributed by atoms with Crippen LogP contribution in [0.4, 0.5) is 11.4 Å². The molecule has 0 fully saturated rings. The molecular formula is C23H21N3OS. The molecule has 1 aliphatic carbocycles. The van der Waals surface area contributed by atoms with E-state index in [1.54, 1.807) is 0 Å². The largest absolute Gasteiger partial charge is 0.397 e. The van der Waals surface area contributed by atoms with Crippen molar-refractivity contribution in [3.63, 3.8) is 0 Å². The number of pyridine rings is 1. The number of rotatable bonds is 2. The van der Waals surface area contributed by atoms with Crippen molar-refractivity contribution in [1.82, 2.24) is 4.98 Å². The van der Waals surface area contributed by atoms with Gasteiger partial charge in [-0.05, 0) is 59.7 Å². The van der Waals surface area contributed by atoms with E-state index in [0.29, 0.717) is 16.5 Å². The van der Waals surface area contributed by atoms with E-state index in [2.05, 4.69) is 24.4 Å². The lowest BCUT2D eigenvalue weighted by Gasteiger charge is -2.20. The normalized spacial score (nSPS) is 16.2. The van der Waals surface area contributed by atoms with Gasteiger partial charge in [-0.25, -0.2) is 4.98 Å². The predicted octanol–water partition coefficient (Wildman–Crippen LogP) is 5.41. The molecule has 0 radical (unpaired) electrons. The Hall–Kier alpha value is -2.92. The van der Waals surface area contributed by atoms with E-state index in [9.17, 15) is 4.79 Å². The van der Waals surface area contributed by atoms with Crippen LogP contribution in [-0.4, -0.2) is 10.9 Å². The number of aryl methyl sites for hydroxylation is 1. The summed E-state index contributed by atoms with van der Waals surface area (Å²) in [6.45, 7) is 2.27. The van der Waals surface area contributed by atoms with Crippen molar-refractivity contribution in [1.29, 1.82) is 0 Å². The number of hydrogen-bond acceptors (Lipinski definition) is 4. The molecule has 2 aromatic heterocycles. The quantitative estimate of drug-likeness (QED) is 0.483. The monoisotopic (exact) mass is 387 g/mol. The van der Waals surface area contributed by atoms with Crippen molar-refractivity contribution in [3.8, 4) is 0 Å². The summed E-state index contributed by atoms with van der Waals surface area (Å²) in [6.07, 6.45) is 3.21. The molecule has 2 aromatic carbocycles. The summed E-state index contributed by atoms with van der Waals surface area (Å²) >= 11 is 1.38. The van der Waals surface area contributed by atoms with Crippen molar-refractivity contribution in [2.24, 2.45) is 5.92 Å². The number of hydrogen-bond donors (Lipinski definition) is 2. The summed E-state index contributed by atoms with van der Waals surface area (Å²) in [6, 6.07) is 16.1. The van der Waals surface area contributed by atoms with Crippen LogP contribution in [0.1, 0.15) is 34.3 Å². The van der Waals surface area contributed by atoms with Gasteiger partial charge in [-0.2, -0.15) is 0 Å². The Kier molecular flexibility index (Phi) is 4.05. The van der Waals surface area contributed by atoms with Crippen LogP contribution in [0, 0.1) is 5.92 Å². The zero-order chi connectivity index (χ0) is 19.3. The molecular weight excluding hydrogens is 366 g/mol. The van der Waals surface area contributed by atoms with Crippen molar-refractivity contribution in [3.05, 3.63) is 64.7 Å². The van der Waals surface area contributed by atoms with Gasteiger partial charge in [0.2, 0.25) is 0 Å². The van der Waals surface area contributed by atoms with Crippen molar-refractivity contribution < 1.29 is 4.79 Å². The summed E-state index contributed by atoms with van der Waals surface area (Å²) in [5.74, 6) is 0.490. The molecule has 5 rings (SSSR count). The maximum atomic E-state index is 12.9. The second kappa shape index (κ2) is 6.60. The van der Waals surface area contributed by atoms with Crippen molar-refractivity contribution >= 4 is 49.6 Å². The molecule has 0 saturated heterocycles.